The van der Waals surface area contributed by atoms with Gasteiger partial charge in [0.15, 0.2) is 34.5 Å². The Kier molecular flexibility index (Phi) is 19.0. The van der Waals surface area contributed by atoms with Crippen LogP contribution in [-0.2, 0) is 33.4 Å². The van der Waals surface area contributed by atoms with Gasteiger partial charge >= 0.3 is 17.9 Å². The molecule has 388 valence electrons. The van der Waals surface area contributed by atoms with Gasteiger partial charge in [-0.15, -0.1) is 35.3 Å². The molecule has 0 fully saturated rings. The van der Waals surface area contributed by atoms with Crippen molar-refractivity contribution in [3.05, 3.63) is 184 Å². The number of aldehydes is 1. The normalized spacial score (nSPS) is 13.4. The van der Waals surface area contributed by atoms with Gasteiger partial charge in [0.25, 0.3) is 0 Å². The van der Waals surface area contributed by atoms with Crippen LogP contribution in [-0.4, -0.2) is 88.4 Å². The van der Waals surface area contributed by atoms with Crippen LogP contribution in [0.5, 0.6) is 28.7 Å². The van der Waals surface area contributed by atoms with Gasteiger partial charge in [-0.2, -0.15) is 0 Å². The molecule has 0 N–H and O–H groups in total. The summed E-state index contributed by atoms with van der Waals surface area (Å²) in [6.07, 6.45) is 8.60. The second-order valence-corrected chi connectivity index (χ2v) is 18.9. The van der Waals surface area contributed by atoms with Crippen molar-refractivity contribution < 1.29 is 70.2 Å². The van der Waals surface area contributed by atoms with Crippen molar-refractivity contribution in [2.75, 3.05) is 59.4 Å². The summed E-state index contributed by atoms with van der Waals surface area (Å²) in [5, 5.41) is 0. The van der Waals surface area contributed by atoms with Crippen molar-refractivity contribution in [3.8, 4) is 28.7 Å². The second-order valence-electron chi connectivity index (χ2n) is 15.8. The van der Waals surface area contributed by atoms with Gasteiger partial charge in [0.1, 0.15) is 23.7 Å². The molecule has 0 aliphatic carbocycles. The highest BCUT2D eigenvalue weighted by Gasteiger charge is 2.36. The summed E-state index contributed by atoms with van der Waals surface area (Å²) in [7, 11) is 7.02. The Morgan fingerprint density at radius 2 is 1.20 bits per heavy atom. The number of esters is 3. The maximum atomic E-state index is 13.7. The summed E-state index contributed by atoms with van der Waals surface area (Å²) in [6.45, 7) is 1.64. The van der Waals surface area contributed by atoms with Gasteiger partial charge in [-0.25, -0.2) is 13.2 Å². The first kappa shape index (κ1) is 55.0. The average Bonchev–Trinajstić information content (AvgIpc) is 3.43. The molecule has 0 saturated carbocycles. The van der Waals surface area contributed by atoms with Crippen molar-refractivity contribution in [3.63, 3.8) is 0 Å². The summed E-state index contributed by atoms with van der Waals surface area (Å²) in [5.74, 6) is -2.94. The zero-order valence-electron chi connectivity index (χ0n) is 41.2. The molecule has 0 spiro atoms. The van der Waals surface area contributed by atoms with E-state index in [1.54, 1.807) is 79.9 Å². The highest BCUT2D eigenvalue weighted by atomic mass is 32.2. The minimum Gasteiger partial charge on any atom is -0.504 e. The van der Waals surface area contributed by atoms with E-state index in [-0.39, 0.29) is 75.2 Å². The number of nitrogens with zero attached hydrogens (tertiary/aromatic N) is 1. The maximum Gasteiger partial charge on any atom is 0.321 e. The standard InChI is InChI=1S/C56H48F3NO12S3/c1-7-44(70-49(62)30-73-39-15-9-36(57)10-16-39)46(66-3)25-34(29-65-2)52-35(28-61)27-60-23-22-42-43(26-48(68-5)56(69-6)55(42)72-51(64)32-75-41-19-13-38(59)14-20-41)54(60)53(52)33-8-21-45(47(24-33)67-4)71-50(63)31-74-40-17-11-37(58)12-18-40/h7-26,28-29H,27,30-32H2,1-6H3/b34-29-,44-7+,46-25+. The highest BCUT2D eigenvalue weighted by Crippen LogP contribution is 2.52. The molecule has 0 unspecified atom stereocenters. The van der Waals surface area contributed by atoms with E-state index in [1.165, 1.54) is 90.4 Å². The van der Waals surface area contributed by atoms with Crippen LogP contribution in [0, 0.1) is 17.5 Å². The van der Waals surface area contributed by atoms with Gasteiger partial charge in [-0.1, -0.05) is 6.07 Å². The van der Waals surface area contributed by atoms with Crippen LogP contribution < -0.4 is 23.7 Å². The van der Waals surface area contributed by atoms with Crippen LogP contribution in [0.1, 0.15) is 23.6 Å². The Labute approximate surface area is 443 Å². The Morgan fingerprint density at radius 3 is 1.71 bits per heavy atom. The van der Waals surface area contributed by atoms with Crippen LogP contribution in [0.3, 0.4) is 0 Å². The lowest BCUT2D eigenvalue weighted by Crippen LogP contribution is -2.29. The van der Waals surface area contributed by atoms with E-state index in [2.05, 4.69) is 0 Å². The van der Waals surface area contributed by atoms with E-state index in [0.29, 0.717) is 54.5 Å². The molecular weight excluding hydrogens is 1030 g/mol. The Bertz CT molecular complexity index is 3150. The first-order valence-electron chi connectivity index (χ1n) is 22.6. The lowest BCUT2D eigenvalue weighted by atomic mass is 9.81. The van der Waals surface area contributed by atoms with Gasteiger partial charge in [0, 0.05) is 54.3 Å². The van der Waals surface area contributed by atoms with E-state index in [1.807, 2.05) is 4.90 Å². The summed E-state index contributed by atoms with van der Waals surface area (Å²) >= 11 is 3.45. The Morgan fingerprint density at radius 1 is 0.640 bits per heavy atom. The van der Waals surface area contributed by atoms with Gasteiger partial charge in [0.05, 0.1) is 71.3 Å². The zero-order valence-corrected chi connectivity index (χ0v) is 43.7. The monoisotopic (exact) mass is 1080 g/mol. The van der Waals surface area contributed by atoms with Crippen molar-refractivity contribution in [1.29, 1.82) is 0 Å². The van der Waals surface area contributed by atoms with E-state index in [4.69, 9.17) is 37.9 Å². The number of hydrogen-bond donors (Lipinski definition) is 0. The molecule has 0 radical (unpaired) electrons. The lowest BCUT2D eigenvalue weighted by Gasteiger charge is -2.37. The summed E-state index contributed by atoms with van der Waals surface area (Å²) in [6, 6.07) is 23.6. The number of carbonyl (C=O) groups excluding carboxylic acids is 4. The number of carbonyl (C=O) groups is 4. The third-order valence-corrected chi connectivity index (χ3v) is 14.0. The maximum absolute atomic E-state index is 13.7. The van der Waals surface area contributed by atoms with Gasteiger partial charge < -0.3 is 42.8 Å². The fraction of sp³-hybridized carbons (Fsp3) is 0.179. The van der Waals surface area contributed by atoms with Gasteiger partial charge in [-0.3, -0.25) is 19.2 Å². The van der Waals surface area contributed by atoms with Crippen molar-refractivity contribution in [2.24, 2.45) is 0 Å². The topological polar surface area (TPSA) is 145 Å². The number of hydrogen-bond acceptors (Lipinski definition) is 16. The smallest absolute Gasteiger partial charge is 0.321 e. The molecule has 0 atom stereocenters. The fourth-order valence-corrected chi connectivity index (χ4v) is 9.80. The van der Waals surface area contributed by atoms with Crippen LogP contribution in [0.25, 0.3) is 17.3 Å². The number of ether oxygens (including phenoxy) is 8. The summed E-state index contributed by atoms with van der Waals surface area (Å²) < 4.78 is 87.6. The molecule has 2 aliphatic rings. The number of halogens is 3. The molecule has 0 bridgehead atoms. The zero-order chi connectivity index (χ0) is 53.6. The number of rotatable bonds is 22. The number of methoxy groups -OCH3 is 5. The number of thioether (sulfide) groups is 3. The van der Waals surface area contributed by atoms with Crippen LogP contribution in [0.15, 0.2) is 165 Å². The van der Waals surface area contributed by atoms with Crippen molar-refractivity contribution in [1.82, 2.24) is 4.90 Å². The molecule has 5 aromatic rings. The van der Waals surface area contributed by atoms with Crippen molar-refractivity contribution >= 4 is 76.8 Å². The molecular formula is C56H48F3NO12S3. The van der Waals surface area contributed by atoms with E-state index in [0.717, 1.165) is 35.3 Å². The van der Waals surface area contributed by atoms with Gasteiger partial charge in [0.2, 0.25) is 5.75 Å². The molecule has 2 heterocycles. The quantitative estimate of drug-likeness (QED) is 0.0162. The van der Waals surface area contributed by atoms with Crippen LogP contribution in [0.2, 0.25) is 0 Å². The van der Waals surface area contributed by atoms with E-state index < -0.39 is 35.4 Å². The highest BCUT2D eigenvalue weighted by molar-refractivity contribution is 8.00. The molecule has 19 heteroatoms. The van der Waals surface area contributed by atoms with Crippen LogP contribution in [0.4, 0.5) is 13.2 Å². The minimum absolute atomic E-state index is 0.00673. The third kappa shape index (κ3) is 13.5. The van der Waals surface area contributed by atoms with Gasteiger partial charge in [-0.05, 0) is 122 Å². The number of benzene rings is 5. The van der Waals surface area contributed by atoms with Crippen LogP contribution >= 0.6 is 35.3 Å². The lowest BCUT2D eigenvalue weighted by molar-refractivity contribution is -0.136. The molecule has 0 aromatic heterocycles. The molecule has 75 heavy (non-hydrogen) atoms. The fourth-order valence-electron chi connectivity index (χ4n) is 7.78. The molecule has 13 nitrogen and oxygen atoms in total. The third-order valence-electron chi connectivity index (χ3n) is 11.1. The first-order valence-corrected chi connectivity index (χ1v) is 25.6. The Balaban J connectivity index is 1.36. The first-order chi connectivity index (χ1) is 36.3. The largest absolute Gasteiger partial charge is 0.504 e. The summed E-state index contributed by atoms with van der Waals surface area (Å²) in [4.78, 5) is 57.5. The average molecular weight is 1080 g/mol. The number of allylic oxidation sites excluding steroid dienone is 5. The summed E-state index contributed by atoms with van der Waals surface area (Å²) in [5.41, 5.74) is 2.98. The predicted molar refractivity (Wildman–Crippen MR) is 281 cm³/mol. The second kappa shape index (κ2) is 26.0. The molecule has 5 aromatic carbocycles. The Hall–Kier alpha value is -7.74. The number of fused-ring (bicyclic) bond motifs is 3. The molecule has 0 saturated heterocycles. The molecule has 2 aliphatic heterocycles. The SMILES string of the molecule is C\C=C(OC(=O)CSc1ccc(F)cc1)/C(=C\C(=C\OC)C1=C(C=O)CN2C=Cc3c(cc(OC)c(OC)c3OC(=O)CSc3ccc(F)cc3)C2=C1c1ccc(OC(=O)CSc2ccc(F)cc2)c(OC)c1)OC. The minimum atomic E-state index is -0.654. The predicted octanol–water partition coefficient (Wildman–Crippen LogP) is 11.5. The van der Waals surface area contributed by atoms with E-state index in [9.17, 15) is 32.3 Å². The van der Waals surface area contributed by atoms with Crippen molar-refractivity contribution in [2.45, 2.75) is 21.6 Å². The molecule has 7 rings (SSSR count). The van der Waals surface area contributed by atoms with E-state index >= 15 is 0 Å². The molecule has 0 amide bonds.